The molecule has 0 saturated carbocycles. The normalized spacial score (nSPS) is 19.2. The van der Waals surface area contributed by atoms with Gasteiger partial charge < -0.3 is 15.4 Å². The Kier molecular flexibility index (Phi) is 3.61. The number of carbonyl (C=O) groups excluding carboxylic acids is 1. The van der Waals surface area contributed by atoms with Gasteiger partial charge in [0.1, 0.15) is 11.5 Å². The lowest BCUT2D eigenvalue weighted by Crippen LogP contribution is -2.48. The van der Waals surface area contributed by atoms with Gasteiger partial charge in [-0.05, 0) is 12.1 Å². The number of benzene rings is 1. The van der Waals surface area contributed by atoms with Crippen LogP contribution in [0.25, 0.3) is 0 Å². The van der Waals surface area contributed by atoms with Crippen molar-refractivity contribution in [1.82, 2.24) is 0 Å². The molecule has 0 aliphatic carbocycles. The second-order valence-corrected chi connectivity index (χ2v) is 4.10. The van der Waals surface area contributed by atoms with Crippen molar-refractivity contribution in [2.75, 3.05) is 24.6 Å². The van der Waals surface area contributed by atoms with Crippen LogP contribution in [0.2, 0.25) is 0 Å². The monoisotopic (exact) mass is 269 g/mol. The van der Waals surface area contributed by atoms with Gasteiger partial charge in [-0.3, -0.25) is 14.9 Å². The Morgan fingerprint density at radius 2 is 2.32 bits per heavy atom. The van der Waals surface area contributed by atoms with E-state index in [1.807, 2.05) is 0 Å². The molecule has 0 aromatic heterocycles. The van der Waals surface area contributed by atoms with Gasteiger partial charge in [-0.15, -0.1) is 0 Å². The van der Waals surface area contributed by atoms with E-state index in [0.717, 1.165) is 12.1 Å². The first kappa shape index (κ1) is 13.2. The first-order valence-electron chi connectivity index (χ1n) is 5.59. The number of amides is 1. The number of nitro benzene ring substituents is 1. The van der Waals surface area contributed by atoms with Crippen molar-refractivity contribution in [3.63, 3.8) is 0 Å². The first-order chi connectivity index (χ1) is 8.99. The van der Waals surface area contributed by atoms with Crippen molar-refractivity contribution in [3.05, 3.63) is 34.1 Å². The van der Waals surface area contributed by atoms with Crippen molar-refractivity contribution >= 4 is 17.3 Å². The van der Waals surface area contributed by atoms with E-state index in [1.54, 1.807) is 4.90 Å². The van der Waals surface area contributed by atoms with Crippen LogP contribution in [0.15, 0.2) is 18.2 Å². The minimum Gasteiger partial charge on any atom is -0.367 e. The average Bonchev–Trinajstić information content (AvgIpc) is 2.38. The molecule has 19 heavy (non-hydrogen) atoms. The van der Waals surface area contributed by atoms with E-state index in [4.69, 9.17) is 10.5 Å². The van der Waals surface area contributed by atoms with Crippen LogP contribution in [-0.2, 0) is 9.53 Å². The molecule has 7 nitrogen and oxygen atoms in total. The van der Waals surface area contributed by atoms with E-state index >= 15 is 0 Å². The zero-order chi connectivity index (χ0) is 14.0. The van der Waals surface area contributed by atoms with Crippen molar-refractivity contribution in [2.24, 2.45) is 5.73 Å². The van der Waals surface area contributed by atoms with Crippen LogP contribution in [0, 0.1) is 15.9 Å². The molecule has 2 rings (SSSR count). The molecule has 0 spiro atoms. The summed E-state index contributed by atoms with van der Waals surface area (Å²) >= 11 is 0. The molecule has 1 aliphatic rings. The van der Waals surface area contributed by atoms with E-state index in [9.17, 15) is 19.3 Å². The van der Waals surface area contributed by atoms with Crippen molar-refractivity contribution in [2.45, 2.75) is 6.10 Å². The van der Waals surface area contributed by atoms with Crippen molar-refractivity contribution in [3.8, 4) is 0 Å². The third-order valence-corrected chi connectivity index (χ3v) is 2.86. The third kappa shape index (κ3) is 2.79. The van der Waals surface area contributed by atoms with Crippen LogP contribution in [0.5, 0.6) is 0 Å². The largest absolute Gasteiger partial charge is 0.367 e. The summed E-state index contributed by atoms with van der Waals surface area (Å²) in [6.45, 7) is 0.709. The lowest BCUT2D eigenvalue weighted by molar-refractivity contribution is -0.384. The Balaban J connectivity index is 2.30. The Bertz CT molecular complexity index is 523. The molecule has 1 heterocycles. The number of nitrogens with two attached hydrogens (primary N) is 1. The molecular formula is C11H12FN3O4. The fourth-order valence-corrected chi connectivity index (χ4v) is 1.95. The highest BCUT2D eigenvalue weighted by atomic mass is 19.1. The van der Waals surface area contributed by atoms with Crippen LogP contribution in [-0.4, -0.2) is 36.6 Å². The zero-order valence-corrected chi connectivity index (χ0v) is 9.91. The highest BCUT2D eigenvalue weighted by Gasteiger charge is 2.28. The smallest absolute Gasteiger partial charge is 0.295 e. The number of anilines is 1. The molecule has 102 valence electrons. The maximum atomic E-state index is 13.1. The second kappa shape index (κ2) is 5.19. The summed E-state index contributed by atoms with van der Waals surface area (Å²) in [5, 5.41) is 10.9. The summed E-state index contributed by atoms with van der Waals surface area (Å²) in [4.78, 5) is 22.9. The van der Waals surface area contributed by atoms with Crippen LogP contribution >= 0.6 is 0 Å². The van der Waals surface area contributed by atoms with Gasteiger partial charge in [0.15, 0.2) is 6.10 Å². The summed E-state index contributed by atoms with van der Waals surface area (Å²) in [6, 6.07) is 3.30. The highest BCUT2D eigenvalue weighted by molar-refractivity contribution is 5.80. The number of hydrogen-bond acceptors (Lipinski definition) is 5. The van der Waals surface area contributed by atoms with Crippen molar-refractivity contribution < 1.29 is 18.8 Å². The predicted molar refractivity (Wildman–Crippen MR) is 64.2 cm³/mol. The number of nitro groups is 1. The van der Waals surface area contributed by atoms with E-state index in [0.29, 0.717) is 6.54 Å². The summed E-state index contributed by atoms with van der Waals surface area (Å²) < 4.78 is 18.2. The van der Waals surface area contributed by atoms with Crippen LogP contribution in [0.1, 0.15) is 0 Å². The standard InChI is InChI=1S/C11H12FN3O4/c12-7-1-2-8(9(5-7)15(17)18)14-3-4-19-10(6-14)11(13)16/h1-2,5,10H,3-4,6H2,(H2,13,16). The molecule has 0 bridgehead atoms. The Morgan fingerprint density at radius 3 is 2.95 bits per heavy atom. The molecule has 0 radical (unpaired) electrons. The Morgan fingerprint density at radius 1 is 1.58 bits per heavy atom. The van der Waals surface area contributed by atoms with Crippen LogP contribution < -0.4 is 10.6 Å². The molecule has 1 amide bonds. The van der Waals surface area contributed by atoms with Gasteiger partial charge in [-0.25, -0.2) is 4.39 Å². The lowest BCUT2D eigenvalue weighted by atomic mass is 10.2. The quantitative estimate of drug-likeness (QED) is 0.633. The van der Waals surface area contributed by atoms with E-state index in [1.165, 1.54) is 6.07 Å². The van der Waals surface area contributed by atoms with Gasteiger partial charge in [0.05, 0.1) is 24.1 Å². The topological polar surface area (TPSA) is 98.7 Å². The molecule has 1 aromatic carbocycles. The number of primary amides is 1. The molecule has 1 fully saturated rings. The minimum absolute atomic E-state index is 0.113. The average molecular weight is 269 g/mol. The Hall–Kier alpha value is -2.22. The van der Waals surface area contributed by atoms with Gasteiger partial charge in [0, 0.05) is 6.54 Å². The van der Waals surface area contributed by atoms with Gasteiger partial charge in [0.25, 0.3) is 5.69 Å². The minimum atomic E-state index is -0.821. The van der Waals surface area contributed by atoms with Crippen LogP contribution in [0.4, 0.5) is 15.8 Å². The SMILES string of the molecule is NC(=O)C1CN(c2ccc(F)cc2[N+](=O)[O-])CCO1. The van der Waals surface area contributed by atoms with Gasteiger partial charge in [0.2, 0.25) is 5.91 Å². The van der Waals surface area contributed by atoms with Gasteiger partial charge in [-0.1, -0.05) is 0 Å². The Labute approximate surface area is 107 Å². The molecule has 1 saturated heterocycles. The van der Waals surface area contributed by atoms with Crippen LogP contribution in [0.3, 0.4) is 0 Å². The number of morpholine rings is 1. The summed E-state index contributed by atoms with van der Waals surface area (Å²) in [5.74, 6) is -1.32. The fraction of sp³-hybridized carbons (Fsp3) is 0.364. The number of rotatable bonds is 3. The summed E-state index contributed by atoms with van der Waals surface area (Å²) in [6.07, 6.45) is -0.821. The number of nitrogens with zero attached hydrogens (tertiary/aromatic N) is 2. The molecule has 1 aromatic rings. The molecule has 2 N–H and O–H groups in total. The van der Waals surface area contributed by atoms with E-state index < -0.39 is 22.8 Å². The number of halogens is 1. The lowest BCUT2D eigenvalue weighted by Gasteiger charge is -2.32. The summed E-state index contributed by atoms with van der Waals surface area (Å²) in [5.41, 5.74) is 5.05. The first-order valence-corrected chi connectivity index (χ1v) is 5.59. The molecule has 1 aliphatic heterocycles. The third-order valence-electron chi connectivity index (χ3n) is 2.86. The highest BCUT2D eigenvalue weighted by Crippen LogP contribution is 2.30. The summed E-state index contributed by atoms with van der Waals surface area (Å²) in [7, 11) is 0. The fourth-order valence-electron chi connectivity index (χ4n) is 1.95. The van der Waals surface area contributed by atoms with Crippen molar-refractivity contribution in [1.29, 1.82) is 0 Å². The molecule has 8 heteroatoms. The zero-order valence-electron chi connectivity index (χ0n) is 9.91. The van der Waals surface area contributed by atoms with Gasteiger partial charge >= 0.3 is 0 Å². The van der Waals surface area contributed by atoms with Gasteiger partial charge in [-0.2, -0.15) is 0 Å². The number of ether oxygens (including phenoxy) is 1. The molecule has 1 unspecified atom stereocenters. The maximum absolute atomic E-state index is 13.1. The van der Waals surface area contributed by atoms with E-state index in [-0.39, 0.29) is 24.5 Å². The number of hydrogen-bond donors (Lipinski definition) is 1. The maximum Gasteiger partial charge on any atom is 0.295 e. The number of carbonyl (C=O) groups is 1. The molecular weight excluding hydrogens is 257 g/mol. The molecule has 1 atom stereocenters. The second-order valence-electron chi connectivity index (χ2n) is 4.10. The van der Waals surface area contributed by atoms with E-state index in [2.05, 4.69) is 0 Å². The predicted octanol–water partition coefficient (Wildman–Crippen LogP) is 0.424.